The van der Waals surface area contributed by atoms with Crippen LogP contribution in [0.1, 0.15) is 13.8 Å². The zero-order valence-electron chi connectivity index (χ0n) is 9.76. The van der Waals surface area contributed by atoms with E-state index in [1.807, 2.05) is 20.9 Å². The molecule has 1 rings (SSSR count). The van der Waals surface area contributed by atoms with E-state index < -0.39 is 11.6 Å². The van der Waals surface area contributed by atoms with E-state index in [1.165, 1.54) is 12.1 Å². The van der Waals surface area contributed by atoms with Crippen LogP contribution in [0.15, 0.2) is 18.2 Å². The Morgan fingerprint density at radius 1 is 1.31 bits per heavy atom. The Morgan fingerprint density at radius 3 is 2.50 bits per heavy atom. The average Bonchev–Trinajstić information content (AvgIpc) is 2.21. The molecule has 0 aromatic heterocycles. The molecule has 90 valence electrons. The summed E-state index contributed by atoms with van der Waals surface area (Å²) in [5.41, 5.74) is 0. The summed E-state index contributed by atoms with van der Waals surface area (Å²) in [5, 5.41) is 3.08. The molecule has 1 unspecified atom stereocenters. The summed E-state index contributed by atoms with van der Waals surface area (Å²) in [4.78, 5) is 0. The van der Waals surface area contributed by atoms with Gasteiger partial charge in [0.2, 0.25) is 0 Å². The van der Waals surface area contributed by atoms with E-state index in [9.17, 15) is 8.78 Å². The Morgan fingerprint density at radius 2 is 2.00 bits per heavy atom. The van der Waals surface area contributed by atoms with Gasteiger partial charge in [0.1, 0.15) is 12.4 Å². The number of likely N-dealkylation sites (N-methyl/N-ethyl adjacent to an activating group) is 1. The first-order valence-corrected chi connectivity index (χ1v) is 5.29. The predicted octanol–water partition coefficient (Wildman–Crippen LogP) is 2.59. The van der Waals surface area contributed by atoms with Gasteiger partial charge in [0.15, 0.2) is 11.6 Å². The fourth-order valence-electron chi connectivity index (χ4n) is 1.38. The SMILES string of the molecule is CNC(COc1ccc(F)cc1F)C(C)C. The lowest BCUT2D eigenvalue weighted by atomic mass is 10.1. The molecule has 16 heavy (non-hydrogen) atoms. The Kier molecular flexibility index (Phi) is 4.68. The van der Waals surface area contributed by atoms with E-state index in [0.717, 1.165) is 6.07 Å². The summed E-state index contributed by atoms with van der Waals surface area (Å²) in [6, 6.07) is 3.45. The highest BCUT2D eigenvalue weighted by Gasteiger charge is 2.13. The van der Waals surface area contributed by atoms with Crippen molar-refractivity contribution < 1.29 is 13.5 Å². The highest BCUT2D eigenvalue weighted by Crippen LogP contribution is 2.18. The maximum atomic E-state index is 13.2. The van der Waals surface area contributed by atoms with Gasteiger partial charge in [-0.25, -0.2) is 8.78 Å². The van der Waals surface area contributed by atoms with Crippen LogP contribution in [0.3, 0.4) is 0 Å². The number of nitrogens with one attached hydrogen (secondary N) is 1. The standard InChI is InChI=1S/C12H17F2NO/c1-8(2)11(15-3)7-16-12-5-4-9(13)6-10(12)14/h4-6,8,11,15H,7H2,1-3H3. The topological polar surface area (TPSA) is 21.3 Å². The molecular formula is C12H17F2NO. The van der Waals surface area contributed by atoms with Gasteiger partial charge in [0.05, 0.1) is 0 Å². The molecule has 0 aliphatic heterocycles. The molecule has 1 atom stereocenters. The van der Waals surface area contributed by atoms with E-state index in [-0.39, 0.29) is 11.8 Å². The van der Waals surface area contributed by atoms with Crippen LogP contribution in [-0.4, -0.2) is 19.7 Å². The second-order valence-electron chi connectivity index (χ2n) is 4.02. The highest BCUT2D eigenvalue weighted by molar-refractivity contribution is 5.24. The van der Waals surface area contributed by atoms with Crippen molar-refractivity contribution in [2.45, 2.75) is 19.9 Å². The van der Waals surface area contributed by atoms with Gasteiger partial charge in [-0.1, -0.05) is 13.8 Å². The summed E-state index contributed by atoms with van der Waals surface area (Å²) in [5.74, 6) is -0.798. The van der Waals surface area contributed by atoms with Gasteiger partial charge in [0, 0.05) is 12.1 Å². The molecule has 0 aliphatic carbocycles. The molecule has 0 radical (unpaired) electrons. The van der Waals surface area contributed by atoms with Gasteiger partial charge < -0.3 is 10.1 Å². The van der Waals surface area contributed by atoms with Crippen molar-refractivity contribution in [1.82, 2.24) is 5.32 Å². The fraction of sp³-hybridized carbons (Fsp3) is 0.500. The molecule has 0 aliphatic rings. The molecule has 1 N–H and O–H groups in total. The minimum atomic E-state index is -0.668. The Labute approximate surface area is 94.6 Å². The normalized spacial score (nSPS) is 12.9. The number of rotatable bonds is 5. The van der Waals surface area contributed by atoms with E-state index in [2.05, 4.69) is 5.32 Å². The number of hydrogen-bond acceptors (Lipinski definition) is 2. The quantitative estimate of drug-likeness (QED) is 0.838. The van der Waals surface area contributed by atoms with Crippen LogP contribution >= 0.6 is 0 Å². The predicted molar refractivity (Wildman–Crippen MR) is 59.5 cm³/mol. The van der Waals surface area contributed by atoms with E-state index in [4.69, 9.17) is 4.74 Å². The van der Waals surface area contributed by atoms with Crippen LogP contribution in [0.2, 0.25) is 0 Å². The Bertz CT molecular complexity index is 342. The number of hydrogen-bond donors (Lipinski definition) is 1. The van der Waals surface area contributed by atoms with Gasteiger partial charge in [-0.15, -0.1) is 0 Å². The molecule has 0 spiro atoms. The summed E-state index contributed by atoms with van der Waals surface area (Å²) in [7, 11) is 1.83. The molecule has 2 nitrogen and oxygen atoms in total. The first kappa shape index (κ1) is 12.9. The summed E-state index contributed by atoms with van der Waals surface area (Å²) >= 11 is 0. The van der Waals surface area contributed by atoms with E-state index in [1.54, 1.807) is 0 Å². The lowest BCUT2D eigenvalue weighted by Crippen LogP contribution is -2.36. The second kappa shape index (κ2) is 5.80. The van der Waals surface area contributed by atoms with Gasteiger partial charge >= 0.3 is 0 Å². The zero-order chi connectivity index (χ0) is 12.1. The maximum Gasteiger partial charge on any atom is 0.167 e. The van der Waals surface area contributed by atoms with Gasteiger partial charge in [-0.3, -0.25) is 0 Å². The van der Waals surface area contributed by atoms with Gasteiger partial charge in [-0.2, -0.15) is 0 Å². The van der Waals surface area contributed by atoms with Crippen LogP contribution in [0, 0.1) is 17.6 Å². The molecule has 0 heterocycles. The monoisotopic (exact) mass is 229 g/mol. The van der Waals surface area contributed by atoms with Gasteiger partial charge in [0.25, 0.3) is 0 Å². The largest absolute Gasteiger partial charge is 0.489 e. The van der Waals surface area contributed by atoms with Crippen molar-refractivity contribution in [2.24, 2.45) is 5.92 Å². The third-order valence-corrected chi connectivity index (χ3v) is 2.49. The zero-order valence-corrected chi connectivity index (χ0v) is 9.76. The third-order valence-electron chi connectivity index (χ3n) is 2.49. The molecule has 0 fully saturated rings. The fourth-order valence-corrected chi connectivity index (χ4v) is 1.38. The molecule has 4 heteroatoms. The number of ether oxygens (including phenoxy) is 1. The Hall–Kier alpha value is -1.16. The maximum absolute atomic E-state index is 13.2. The second-order valence-corrected chi connectivity index (χ2v) is 4.02. The summed E-state index contributed by atoms with van der Waals surface area (Å²) in [6.07, 6.45) is 0. The van der Waals surface area contributed by atoms with Crippen LogP contribution in [0.25, 0.3) is 0 Å². The lowest BCUT2D eigenvalue weighted by molar-refractivity contribution is 0.229. The third kappa shape index (κ3) is 3.45. The molecule has 0 amide bonds. The highest BCUT2D eigenvalue weighted by atomic mass is 19.1. The van der Waals surface area contributed by atoms with Crippen LogP contribution < -0.4 is 10.1 Å². The first-order chi connectivity index (χ1) is 7.54. The molecule has 1 aromatic carbocycles. The van der Waals surface area contributed by atoms with Crippen LogP contribution in [0.5, 0.6) is 5.75 Å². The summed E-state index contributed by atoms with van der Waals surface area (Å²) < 4.78 is 31.2. The average molecular weight is 229 g/mol. The van der Waals surface area contributed by atoms with E-state index in [0.29, 0.717) is 12.5 Å². The van der Waals surface area contributed by atoms with E-state index >= 15 is 0 Å². The minimum Gasteiger partial charge on any atom is -0.489 e. The summed E-state index contributed by atoms with van der Waals surface area (Å²) in [6.45, 7) is 4.45. The Balaban J connectivity index is 2.60. The molecular weight excluding hydrogens is 212 g/mol. The molecule has 0 bridgehead atoms. The van der Waals surface area contributed by atoms with Crippen molar-refractivity contribution in [1.29, 1.82) is 0 Å². The number of halogens is 2. The van der Waals surface area contributed by atoms with Crippen LogP contribution in [0.4, 0.5) is 8.78 Å². The molecule has 0 saturated carbocycles. The van der Waals surface area contributed by atoms with Crippen molar-refractivity contribution in [3.8, 4) is 5.75 Å². The van der Waals surface area contributed by atoms with Gasteiger partial charge in [-0.05, 0) is 25.1 Å². The number of benzene rings is 1. The molecule has 1 aromatic rings. The first-order valence-electron chi connectivity index (χ1n) is 5.29. The minimum absolute atomic E-state index is 0.0855. The lowest BCUT2D eigenvalue weighted by Gasteiger charge is -2.20. The van der Waals surface area contributed by atoms with Crippen molar-refractivity contribution in [2.75, 3.05) is 13.7 Å². The smallest absolute Gasteiger partial charge is 0.167 e. The molecule has 0 saturated heterocycles. The van der Waals surface area contributed by atoms with Crippen LogP contribution in [-0.2, 0) is 0 Å². The van der Waals surface area contributed by atoms with Crippen molar-refractivity contribution >= 4 is 0 Å². The van der Waals surface area contributed by atoms with Crippen molar-refractivity contribution in [3.63, 3.8) is 0 Å². The van der Waals surface area contributed by atoms with Crippen molar-refractivity contribution in [3.05, 3.63) is 29.8 Å².